The fraction of sp³-hybridized carbons (Fsp3) is 0.192. The van der Waals surface area contributed by atoms with E-state index in [-0.39, 0.29) is 5.02 Å². The number of nitrogens with zero attached hydrogens (tertiary/aromatic N) is 2. The van der Waals surface area contributed by atoms with Gasteiger partial charge in [0.25, 0.3) is 0 Å². The monoisotopic (exact) mass is 528 g/mol. The third-order valence-electron chi connectivity index (χ3n) is 5.64. The molecule has 170 valence electrons. The first kappa shape index (κ1) is 23.3. The van der Waals surface area contributed by atoms with Crippen LogP contribution in [0.25, 0.3) is 22.0 Å². The second-order valence-corrected chi connectivity index (χ2v) is 8.84. The average Bonchev–Trinajstić information content (AvgIpc) is 3.21. The molecule has 4 rings (SSSR count). The lowest BCUT2D eigenvalue weighted by molar-refractivity contribution is 0.157. The number of carbonyl (C=O) groups excluding carboxylic acids is 1. The van der Waals surface area contributed by atoms with E-state index in [2.05, 4.69) is 26.6 Å². The van der Waals surface area contributed by atoms with Crippen LogP contribution in [0.2, 0.25) is 5.02 Å². The lowest BCUT2D eigenvalue weighted by Crippen LogP contribution is -2.33. The van der Waals surface area contributed by atoms with Crippen molar-refractivity contribution in [1.29, 1.82) is 0 Å². The third-order valence-corrected chi connectivity index (χ3v) is 6.70. The lowest BCUT2D eigenvalue weighted by Gasteiger charge is -2.20. The molecule has 4 nitrogen and oxygen atoms in total. The van der Waals surface area contributed by atoms with Crippen molar-refractivity contribution >= 4 is 44.5 Å². The van der Waals surface area contributed by atoms with Gasteiger partial charge in [-0.15, -0.1) is 0 Å². The van der Waals surface area contributed by atoms with Crippen molar-refractivity contribution in [2.24, 2.45) is 0 Å². The number of hydrogen-bond donors (Lipinski definition) is 0. The molecule has 0 fully saturated rings. The number of halogens is 3. The SMILES string of the molecule is CCN(CC)C(=O)Oc1ccc2c(ccn2Cc2ccccc2Br)c1-c1ccc(F)c(Cl)c1. The molecule has 0 spiro atoms. The number of amides is 1. The molecule has 0 saturated heterocycles. The van der Waals surface area contributed by atoms with E-state index in [0.29, 0.717) is 36.5 Å². The van der Waals surface area contributed by atoms with Gasteiger partial charge in [-0.3, -0.25) is 0 Å². The molecule has 0 atom stereocenters. The number of ether oxygens (including phenoxy) is 1. The van der Waals surface area contributed by atoms with Crippen molar-refractivity contribution in [2.45, 2.75) is 20.4 Å². The Bertz CT molecular complexity index is 1320. The summed E-state index contributed by atoms with van der Waals surface area (Å²) in [7, 11) is 0. The zero-order valence-corrected chi connectivity index (χ0v) is 20.7. The molecule has 3 aromatic carbocycles. The quantitative estimate of drug-likeness (QED) is 0.256. The maximum absolute atomic E-state index is 13.9. The van der Waals surface area contributed by atoms with E-state index < -0.39 is 11.9 Å². The van der Waals surface area contributed by atoms with E-state index in [1.807, 2.05) is 50.4 Å². The van der Waals surface area contributed by atoms with Gasteiger partial charge in [0.1, 0.15) is 11.6 Å². The first-order valence-electron chi connectivity index (χ1n) is 10.7. The Kier molecular flexibility index (Phi) is 7.05. The highest BCUT2D eigenvalue weighted by molar-refractivity contribution is 9.10. The zero-order valence-electron chi connectivity index (χ0n) is 18.3. The first-order chi connectivity index (χ1) is 15.9. The summed E-state index contributed by atoms with van der Waals surface area (Å²) in [5, 5.41) is 0.896. The molecule has 0 aliphatic rings. The van der Waals surface area contributed by atoms with E-state index in [9.17, 15) is 9.18 Å². The van der Waals surface area contributed by atoms with Crippen LogP contribution in [0.3, 0.4) is 0 Å². The van der Waals surface area contributed by atoms with Gasteiger partial charge in [-0.05, 0) is 61.4 Å². The minimum Gasteiger partial charge on any atom is -0.410 e. The van der Waals surface area contributed by atoms with Crippen molar-refractivity contribution in [1.82, 2.24) is 9.47 Å². The highest BCUT2D eigenvalue weighted by Gasteiger charge is 2.20. The number of benzene rings is 3. The predicted octanol–water partition coefficient (Wildman–Crippen LogP) is 7.75. The van der Waals surface area contributed by atoms with E-state index >= 15 is 0 Å². The normalized spacial score (nSPS) is 11.1. The molecule has 0 saturated carbocycles. The van der Waals surface area contributed by atoms with Crippen LogP contribution in [0, 0.1) is 5.82 Å². The third kappa shape index (κ3) is 4.77. The second kappa shape index (κ2) is 9.98. The standard InChI is InChI=1S/C26H23BrClFN2O2/c1-3-30(4-2)26(32)33-24-12-11-23-19(25(24)17-9-10-22(29)21(28)15-17)13-14-31(23)16-18-7-5-6-8-20(18)27/h5-15H,3-4,16H2,1-2H3. The van der Waals surface area contributed by atoms with Gasteiger partial charge in [0, 0.05) is 46.8 Å². The van der Waals surface area contributed by atoms with Crippen molar-refractivity contribution in [2.75, 3.05) is 13.1 Å². The number of aromatic nitrogens is 1. The summed E-state index contributed by atoms with van der Waals surface area (Å²) in [5.74, 6) is -0.0958. The molecule has 7 heteroatoms. The molecular formula is C26H23BrClFN2O2. The van der Waals surface area contributed by atoms with Gasteiger partial charge >= 0.3 is 6.09 Å². The predicted molar refractivity (Wildman–Crippen MR) is 135 cm³/mol. The highest BCUT2D eigenvalue weighted by Crippen LogP contribution is 2.39. The molecule has 0 radical (unpaired) electrons. The van der Waals surface area contributed by atoms with Crippen LogP contribution in [-0.4, -0.2) is 28.6 Å². The summed E-state index contributed by atoms with van der Waals surface area (Å²) in [6.07, 6.45) is 1.57. The van der Waals surface area contributed by atoms with E-state index in [4.69, 9.17) is 16.3 Å². The van der Waals surface area contributed by atoms with Gasteiger partial charge in [-0.1, -0.05) is 51.8 Å². The van der Waals surface area contributed by atoms with Gasteiger partial charge in [0.15, 0.2) is 0 Å². The van der Waals surface area contributed by atoms with Gasteiger partial charge in [-0.2, -0.15) is 0 Å². The summed E-state index contributed by atoms with van der Waals surface area (Å²) >= 11 is 9.71. The lowest BCUT2D eigenvalue weighted by atomic mass is 10.0. The Labute approximate surface area is 205 Å². The molecule has 1 heterocycles. The molecule has 4 aromatic rings. The molecule has 0 aliphatic heterocycles. The smallest absolute Gasteiger partial charge is 0.410 e. The summed E-state index contributed by atoms with van der Waals surface area (Å²) in [4.78, 5) is 14.3. The minimum atomic E-state index is -0.499. The Hall–Kier alpha value is -2.83. The zero-order chi connectivity index (χ0) is 23.5. The maximum Gasteiger partial charge on any atom is 0.415 e. The summed E-state index contributed by atoms with van der Waals surface area (Å²) in [6, 6.07) is 18.3. The van der Waals surface area contributed by atoms with Crippen LogP contribution in [0.1, 0.15) is 19.4 Å². The number of hydrogen-bond acceptors (Lipinski definition) is 2. The molecule has 0 unspecified atom stereocenters. The van der Waals surface area contributed by atoms with Crippen LogP contribution in [0.4, 0.5) is 9.18 Å². The summed E-state index contributed by atoms with van der Waals surface area (Å²) < 4.78 is 22.8. The fourth-order valence-electron chi connectivity index (χ4n) is 3.88. The van der Waals surface area contributed by atoms with Gasteiger partial charge < -0.3 is 14.2 Å². The van der Waals surface area contributed by atoms with E-state index in [1.54, 1.807) is 23.1 Å². The molecule has 0 aliphatic carbocycles. The van der Waals surface area contributed by atoms with Gasteiger partial charge in [0.2, 0.25) is 0 Å². The van der Waals surface area contributed by atoms with Crippen LogP contribution in [0.15, 0.2) is 71.3 Å². The van der Waals surface area contributed by atoms with Crippen molar-refractivity contribution in [3.05, 3.63) is 87.7 Å². The number of carbonyl (C=O) groups is 1. The molecule has 0 bridgehead atoms. The number of fused-ring (bicyclic) bond motifs is 1. The van der Waals surface area contributed by atoms with Crippen LogP contribution < -0.4 is 4.74 Å². The Balaban J connectivity index is 1.84. The van der Waals surface area contributed by atoms with Crippen molar-refractivity contribution in [3.8, 4) is 16.9 Å². The second-order valence-electron chi connectivity index (χ2n) is 7.58. The molecule has 33 heavy (non-hydrogen) atoms. The van der Waals surface area contributed by atoms with Crippen molar-refractivity contribution in [3.63, 3.8) is 0 Å². The van der Waals surface area contributed by atoms with E-state index in [1.165, 1.54) is 6.07 Å². The molecule has 0 N–H and O–H groups in total. The fourth-order valence-corrected chi connectivity index (χ4v) is 4.47. The Morgan fingerprint density at radius 2 is 1.85 bits per heavy atom. The largest absolute Gasteiger partial charge is 0.415 e. The molecular weight excluding hydrogens is 507 g/mol. The topological polar surface area (TPSA) is 34.5 Å². The van der Waals surface area contributed by atoms with Crippen LogP contribution in [0.5, 0.6) is 5.75 Å². The minimum absolute atomic E-state index is 0.0122. The molecule has 1 amide bonds. The average molecular weight is 530 g/mol. The van der Waals surface area contributed by atoms with Crippen LogP contribution in [-0.2, 0) is 6.54 Å². The summed E-state index contributed by atoms with van der Waals surface area (Å²) in [6.45, 7) is 5.54. The molecule has 1 aromatic heterocycles. The maximum atomic E-state index is 13.9. The summed E-state index contributed by atoms with van der Waals surface area (Å²) in [5.41, 5.74) is 3.47. The highest BCUT2D eigenvalue weighted by atomic mass is 79.9. The van der Waals surface area contributed by atoms with Gasteiger partial charge in [-0.25, -0.2) is 9.18 Å². The Morgan fingerprint density at radius 3 is 2.55 bits per heavy atom. The van der Waals surface area contributed by atoms with Crippen LogP contribution >= 0.6 is 27.5 Å². The van der Waals surface area contributed by atoms with Crippen molar-refractivity contribution < 1.29 is 13.9 Å². The number of rotatable bonds is 6. The Morgan fingerprint density at radius 1 is 1.09 bits per heavy atom. The van der Waals surface area contributed by atoms with E-state index in [0.717, 1.165) is 20.9 Å². The first-order valence-corrected chi connectivity index (χ1v) is 11.9. The van der Waals surface area contributed by atoms with Gasteiger partial charge in [0.05, 0.1) is 5.02 Å².